The standard InChI is InChI=1S/C36H47N9O5/c1-22-16-24(10-12-27(22)23(2)40-31(46)32-42-33(43-50-32)35(3,4)5)28-17-30(39-21-38-28)41-29-13-11-25(18-37-29)45-15-14-44(19-26(45)20-48-9)34(47)49-36(6,7)8/h10-13,16-18,21,23,26H,14-15,19-20H2,1-9H3,(H,40,46)(H,37,38,39,41)/t23-,26-/m1/s1. The number of aromatic nitrogens is 5. The van der Waals surface area contributed by atoms with E-state index in [1.165, 1.54) is 6.33 Å². The molecule has 2 N–H and O–H groups in total. The Kier molecular flexibility index (Phi) is 10.7. The Balaban J connectivity index is 1.22. The van der Waals surface area contributed by atoms with Gasteiger partial charge in [0.05, 0.1) is 36.3 Å². The van der Waals surface area contributed by atoms with Crippen molar-refractivity contribution in [1.82, 2.24) is 35.3 Å². The summed E-state index contributed by atoms with van der Waals surface area (Å²) in [5, 5.41) is 10.2. The van der Waals surface area contributed by atoms with Gasteiger partial charge in [-0.2, -0.15) is 4.98 Å². The molecule has 0 spiro atoms. The van der Waals surface area contributed by atoms with Crippen LogP contribution >= 0.6 is 0 Å². The molecule has 14 nitrogen and oxygen atoms in total. The van der Waals surface area contributed by atoms with Gasteiger partial charge in [-0.3, -0.25) is 4.79 Å². The van der Waals surface area contributed by atoms with Crippen LogP contribution in [0, 0.1) is 6.92 Å². The first-order chi connectivity index (χ1) is 23.6. The molecule has 2 atom stereocenters. The zero-order valence-corrected chi connectivity index (χ0v) is 30.3. The van der Waals surface area contributed by atoms with E-state index in [1.807, 2.05) is 91.8 Å². The molecular weight excluding hydrogens is 638 g/mol. The quantitative estimate of drug-likeness (QED) is 0.217. The fourth-order valence-electron chi connectivity index (χ4n) is 5.64. The molecule has 2 amide bonds. The van der Waals surface area contributed by atoms with Crippen molar-refractivity contribution in [3.05, 3.63) is 71.8 Å². The molecule has 0 bridgehead atoms. The largest absolute Gasteiger partial charge is 0.444 e. The van der Waals surface area contributed by atoms with Crippen LogP contribution in [0.25, 0.3) is 11.3 Å². The summed E-state index contributed by atoms with van der Waals surface area (Å²) in [5.74, 6) is 1.21. The second-order valence-electron chi connectivity index (χ2n) is 14.5. The summed E-state index contributed by atoms with van der Waals surface area (Å²) in [6, 6.07) is 11.4. The summed E-state index contributed by atoms with van der Waals surface area (Å²) in [5.41, 5.74) is 3.62. The van der Waals surface area contributed by atoms with E-state index >= 15 is 0 Å². The van der Waals surface area contributed by atoms with Gasteiger partial charge in [-0.15, -0.1) is 0 Å². The minimum absolute atomic E-state index is 0.0487. The number of aryl methyl sites for hydroxylation is 1. The summed E-state index contributed by atoms with van der Waals surface area (Å²) in [7, 11) is 1.66. The Bertz CT molecular complexity index is 1800. The molecule has 0 saturated carbocycles. The fraction of sp³-hybridized carbons (Fsp3) is 0.472. The molecular formula is C36H47N9O5. The molecule has 4 aromatic rings. The topological polar surface area (TPSA) is 161 Å². The van der Waals surface area contributed by atoms with E-state index in [1.54, 1.807) is 18.2 Å². The average Bonchev–Trinajstić information content (AvgIpc) is 3.57. The van der Waals surface area contributed by atoms with Gasteiger partial charge in [-0.25, -0.2) is 19.7 Å². The van der Waals surface area contributed by atoms with Crippen LogP contribution in [0.3, 0.4) is 0 Å². The molecule has 1 aliphatic heterocycles. The zero-order valence-electron chi connectivity index (χ0n) is 30.3. The molecule has 1 aliphatic rings. The SMILES string of the molecule is COC[C@H]1CN(C(=O)OC(C)(C)C)CCN1c1ccc(Nc2cc(-c3ccc([C@@H](C)NC(=O)c4nc(C(C)(C)C)no4)c(C)c3)ncn2)nc1. The number of piperazine rings is 1. The number of hydrogen-bond acceptors (Lipinski definition) is 12. The molecule has 4 heterocycles. The Labute approximate surface area is 293 Å². The number of anilines is 3. The Hall–Kier alpha value is -5.11. The van der Waals surface area contributed by atoms with Crippen LogP contribution in [0.2, 0.25) is 0 Å². The highest BCUT2D eigenvalue weighted by molar-refractivity contribution is 5.89. The number of nitrogens with one attached hydrogen (secondary N) is 2. The lowest BCUT2D eigenvalue weighted by Crippen LogP contribution is -2.57. The Morgan fingerprint density at radius 2 is 1.80 bits per heavy atom. The van der Waals surface area contributed by atoms with Gasteiger partial charge < -0.3 is 34.4 Å². The molecule has 266 valence electrons. The zero-order chi connectivity index (χ0) is 36.2. The van der Waals surface area contributed by atoms with Gasteiger partial charge in [0.25, 0.3) is 0 Å². The highest BCUT2D eigenvalue weighted by Crippen LogP contribution is 2.28. The second-order valence-corrected chi connectivity index (χ2v) is 14.5. The van der Waals surface area contributed by atoms with Gasteiger partial charge in [0.1, 0.15) is 23.6 Å². The molecule has 1 aromatic carbocycles. The normalized spacial score (nSPS) is 15.8. The summed E-state index contributed by atoms with van der Waals surface area (Å²) in [6.07, 6.45) is 2.99. The molecule has 0 radical (unpaired) electrons. The number of nitrogens with zero attached hydrogens (tertiary/aromatic N) is 7. The lowest BCUT2D eigenvalue weighted by atomic mass is 9.96. The van der Waals surface area contributed by atoms with Crippen molar-refractivity contribution in [2.24, 2.45) is 0 Å². The Morgan fingerprint density at radius 1 is 1.02 bits per heavy atom. The van der Waals surface area contributed by atoms with Crippen LogP contribution in [-0.4, -0.2) is 87.0 Å². The molecule has 50 heavy (non-hydrogen) atoms. The van der Waals surface area contributed by atoms with Crippen molar-refractivity contribution in [1.29, 1.82) is 0 Å². The first-order valence-corrected chi connectivity index (χ1v) is 16.7. The lowest BCUT2D eigenvalue weighted by molar-refractivity contribution is 0.0186. The molecule has 0 unspecified atom stereocenters. The van der Waals surface area contributed by atoms with E-state index in [2.05, 4.69) is 40.6 Å². The van der Waals surface area contributed by atoms with E-state index in [-0.39, 0.29) is 29.5 Å². The first kappa shape index (κ1) is 36.2. The van der Waals surface area contributed by atoms with Crippen molar-refractivity contribution in [2.75, 3.05) is 43.6 Å². The van der Waals surface area contributed by atoms with Gasteiger partial charge in [0.2, 0.25) is 0 Å². The van der Waals surface area contributed by atoms with Gasteiger partial charge in [-0.05, 0) is 63.9 Å². The average molecular weight is 686 g/mol. The number of amides is 2. The summed E-state index contributed by atoms with van der Waals surface area (Å²) in [6.45, 7) is 17.5. The molecule has 1 fully saturated rings. The maximum atomic E-state index is 12.8. The number of benzene rings is 1. The number of ether oxygens (including phenoxy) is 2. The van der Waals surface area contributed by atoms with Crippen LogP contribution in [0.5, 0.6) is 0 Å². The van der Waals surface area contributed by atoms with Crippen LogP contribution in [0.4, 0.5) is 22.1 Å². The third-order valence-electron chi connectivity index (χ3n) is 8.17. The third-order valence-corrected chi connectivity index (χ3v) is 8.17. The number of methoxy groups -OCH3 is 1. The highest BCUT2D eigenvalue weighted by Gasteiger charge is 2.32. The van der Waals surface area contributed by atoms with Crippen LogP contribution in [-0.2, 0) is 14.9 Å². The van der Waals surface area contributed by atoms with E-state index in [0.717, 1.165) is 28.1 Å². The molecule has 3 aromatic heterocycles. The number of hydrogen-bond donors (Lipinski definition) is 2. The van der Waals surface area contributed by atoms with E-state index in [0.29, 0.717) is 43.7 Å². The van der Waals surface area contributed by atoms with Crippen molar-refractivity contribution in [3.63, 3.8) is 0 Å². The summed E-state index contributed by atoms with van der Waals surface area (Å²) < 4.78 is 16.3. The van der Waals surface area contributed by atoms with Crippen LogP contribution in [0.1, 0.15) is 82.1 Å². The van der Waals surface area contributed by atoms with Gasteiger partial charge in [-0.1, -0.05) is 38.1 Å². The molecule has 5 rings (SSSR count). The third kappa shape index (κ3) is 8.91. The lowest BCUT2D eigenvalue weighted by Gasteiger charge is -2.42. The highest BCUT2D eigenvalue weighted by atomic mass is 16.6. The molecule has 1 saturated heterocycles. The molecule has 14 heteroatoms. The van der Waals surface area contributed by atoms with Gasteiger partial charge in [0, 0.05) is 43.8 Å². The fourth-order valence-corrected chi connectivity index (χ4v) is 5.64. The van der Waals surface area contributed by atoms with Crippen molar-refractivity contribution in [2.45, 2.75) is 78.5 Å². The Morgan fingerprint density at radius 3 is 2.44 bits per heavy atom. The molecule has 0 aliphatic carbocycles. The summed E-state index contributed by atoms with van der Waals surface area (Å²) in [4.78, 5) is 47.2. The van der Waals surface area contributed by atoms with Gasteiger partial charge >= 0.3 is 17.9 Å². The van der Waals surface area contributed by atoms with Gasteiger partial charge in [0.15, 0.2) is 5.82 Å². The maximum Gasteiger partial charge on any atom is 0.410 e. The van der Waals surface area contributed by atoms with E-state index in [9.17, 15) is 9.59 Å². The predicted molar refractivity (Wildman–Crippen MR) is 189 cm³/mol. The van der Waals surface area contributed by atoms with E-state index in [4.69, 9.17) is 14.0 Å². The monoisotopic (exact) mass is 685 g/mol. The smallest absolute Gasteiger partial charge is 0.410 e. The number of carbonyl (C=O) groups excluding carboxylic acids is 2. The second kappa shape index (κ2) is 14.8. The van der Waals surface area contributed by atoms with Crippen molar-refractivity contribution >= 4 is 29.3 Å². The summed E-state index contributed by atoms with van der Waals surface area (Å²) >= 11 is 0. The minimum atomic E-state index is -0.555. The maximum absolute atomic E-state index is 12.8. The first-order valence-electron chi connectivity index (χ1n) is 16.7. The van der Waals surface area contributed by atoms with Crippen LogP contribution in [0.15, 0.2) is 53.4 Å². The van der Waals surface area contributed by atoms with E-state index < -0.39 is 11.5 Å². The predicted octanol–water partition coefficient (Wildman–Crippen LogP) is 5.83. The van der Waals surface area contributed by atoms with Crippen molar-refractivity contribution < 1.29 is 23.6 Å². The van der Waals surface area contributed by atoms with Crippen molar-refractivity contribution in [3.8, 4) is 11.3 Å². The van der Waals surface area contributed by atoms with Crippen LogP contribution < -0.4 is 15.5 Å². The number of carbonyl (C=O) groups is 2. The number of rotatable bonds is 9. The number of pyridine rings is 1. The minimum Gasteiger partial charge on any atom is -0.444 e.